The number of hydrogen-bond donors (Lipinski definition) is 0. The molecule has 0 bridgehead atoms. The molecular weight excluding hydrogens is 544 g/mol. The molecule has 4 aromatic rings. The van der Waals surface area contributed by atoms with Crippen LogP contribution in [-0.2, 0) is 22.3 Å². The molecule has 4 aromatic carbocycles. The van der Waals surface area contributed by atoms with Crippen molar-refractivity contribution in [2.24, 2.45) is 0 Å². The first kappa shape index (κ1) is 33.3. The van der Waals surface area contributed by atoms with Crippen LogP contribution in [0.1, 0.15) is 71.2 Å². The Morgan fingerprint density at radius 2 is 0.864 bits per heavy atom. The van der Waals surface area contributed by atoms with Gasteiger partial charge in [-0.25, -0.2) is 0 Å². The minimum atomic E-state index is 0.246. The molecule has 4 heteroatoms. The Kier molecular flexibility index (Phi) is 12.1. The van der Waals surface area contributed by atoms with Crippen molar-refractivity contribution in [3.8, 4) is 33.8 Å². The third-order valence-electron chi connectivity index (χ3n) is 8.21. The van der Waals surface area contributed by atoms with Crippen LogP contribution < -0.4 is 9.47 Å². The molecule has 0 aromatic heterocycles. The van der Waals surface area contributed by atoms with E-state index in [1.165, 1.54) is 55.6 Å². The van der Waals surface area contributed by atoms with Crippen molar-refractivity contribution >= 4 is 0 Å². The van der Waals surface area contributed by atoms with E-state index >= 15 is 0 Å². The maximum Gasteiger partial charge on any atom is 0.189 e. The van der Waals surface area contributed by atoms with Gasteiger partial charge in [-0.2, -0.15) is 0 Å². The summed E-state index contributed by atoms with van der Waals surface area (Å²) in [6, 6.07) is 22.1. The van der Waals surface area contributed by atoms with Gasteiger partial charge in [-0.1, -0.05) is 71.8 Å². The van der Waals surface area contributed by atoms with Crippen LogP contribution in [0.2, 0.25) is 0 Å². The Bertz CT molecular complexity index is 1390. The van der Waals surface area contributed by atoms with E-state index in [-0.39, 0.29) is 13.6 Å². The third-order valence-corrected chi connectivity index (χ3v) is 8.21. The van der Waals surface area contributed by atoms with Crippen molar-refractivity contribution in [2.45, 2.75) is 81.1 Å². The van der Waals surface area contributed by atoms with E-state index in [1.54, 1.807) is 0 Å². The maximum absolute atomic E-state index is 6.33. The van der Waals surface area contributed by atoms with Gasteiger partial charge < -0.3 is 18.9 Å². The van der Waals surface area contributed by atoms with Gasteiger partial charge >= 0.3 is 0 Å². The molecule has 0 unspecified atom stereocenters. The topological polar surface area (TPSA) is 36.9 Å². The fourth-order valence-electron chi connectivity index (χ4n) is 6.51. The molecule has 0 N–H and O–H groups in total. The average molecular weight is 595 g/mol. The van der Waals surface area contributed by atoms with Crippen LogP contribution in [0.5, 0.6) is 11.5 Å². The zero-order chi connectivity index (χ0) is 31.6. The van der Waals surface area contributed by atoms with E-state index in [9.17, 15) is 0 Å². The van der Waals surface area contributed by atoms with Crippen LogP contribution in [-0.4, -0.2) is 26.8 Å². The number of aryl methyl sites for hydroxylation is 8. The molecule has 0 aliphatic carbocycles. The van der Waals surface area contributed by atoms with Crippen molar-refractivity contribution in [3.63, 3.8) is 0 Å². The Morgan fingerprint density at radius 1 is 0.500 bits per heavy atom. The largest absolute Gasteiger partial charge is 0.467 e. The van der Waals surface area contributed by atoms with E-state index in [2.05, 4.69) is 102 Å². The lowest BCUT2D eigenvalue weighted by atomic mass is 9.90. The van der Waals surface area contributed by atoms with Crippen molar-refractivity contribution in [2.75, 3.05) is 26.8 Å². The Labute approximate surface area is 265 Å². The zero-order valence-corrected chi connectivity index (χ0v) is 28.1. The molecule has 0 heterocycles. The lowest BCUT2D eigenvalue weighted by Crippen LogP contribution is -2.07. The van der Waals surface area contributed by atoms with E-state index in [0.29, 0.717) is 13.2 Å². The van der Waals surface area contributed by atoms with E-state index in [0.717, 1.165) is 48.3 Å². The summed E-state index contributed by atoms with van der Waals surface area (Å²) in [5.41, 5.74) is 14.8. The molecular formula is C40H50O4. The Morgan fingerprint density at radius 3 is 1.20 bits per heavy atom. The van der Waals surface area contributed by atoms with Crippen LogP contribution in [0, 0.1) is 41.5 Å². The molecule has 4 rings (SSSR count). The Balaban J connectivity index is 1.58. The molecule has 44 heavy (non-hydrogen) atoms. The molecule has 0 fully saturated rings. The highest BCUT2D eigenvalue weighted by Gasteiger charge is 2.18. The summed E-state index contributed by atoms with van der Waals surface area (Å²) < 4.78 is 23.9. The number of rotatable bonds is 15. The SMILES string of the molecule is CCOCOc1c(CCCCc2cccc(-c3c(C)cc(C)cc3C)c2OCOCC)cccc1-c1c(C)cc(C)cc1C. The van der Waals surface area contributed by atoms with Crippen molar-refractivity contribution in [1.29, 1.82) is 0 Å². The molecule has 4 nitrogen and oxygen atoms in total. The smallest absolute Gasteiger partial charge is 0.189 e. The summed E-state index contributed by atoms with van der Waals surface area (Å²) in [5.74, 6) is 1.87. The lowest BCUT2D eigenvalue weighted by Gasteiger charge is -2.20. The summed E-state index contributed by atoms with van der Waals surface area (Å²) in [7, 11) is 0. The van der Waals surface area contributed by atoms with Crippen molar-refractivity contribution < 1.29 is 18.9 Å². The van der Waals surface area contributed by atoms with Gasteiger partial charge in [0.25, 0.3) is 0 Å². The highest BCUT2D eigenvalue weighted by Crippen LogP contribution is 2.40. The van der Waals surface area contributed by atoms with E-state index in [1.807, 2.05) is 13.8 Å². The van der Waals surface area contributed by atoms with E-state index < -0.39 is 0 Å². The molecule has 0 aliphatic heterocycles. The van der Waals surface area contributed by atoms with Crippen LogP contribution in [0.4, 0.5) is 0 Å². The third kappa shape index (κ3) is 8.11. The second kappa shape index (κ2) is 15.9. The number of unbranched alkanes of at least 4 members (excludes halogenated alkanes) is 1. The molecule has 234 valence electrons. The summed E-state index contributed by atoms with van der Waals surface area (Å²) >= 11 is 0. The van der Waals surface area contributed by atoms with Gasteiger partial charge in [0.1, 0.15) is 11.5 Å². The molecule has 0 saturated carbocycles. The van der Waals surface area contributed by atoms with Gasteiger partial charge in [-0.15, -0.1) is 0 Å². The van der Waals surface area contributed by atoms with Gasteiger partial charge in [-0.05, 0) is 126 Å². The summed E-state index contributed by atoms with van der Waals surface area (Å²) in [6.07, 6.45) is 3.89. The molecule has 0 aliphatic rings. The number of para-hydroxylation sites is 2. The van der Waals surface area contributed by atoms with E-state index in [4.69, 9.17) is 18.9 Å². The van der Waals surface area contributed by atoms with Crippen LogP contribution >= 0.6 is 0 Å². The van der Waals surface area contributed by atoms with Crippen LogP contribution in [0.15, 0.2) is 60.7 Å². The summed E-state index contributed by atoms with van der Waals surface area (Å²) in [5, 5.41) is 0. The minimum Gasteiger partial charge on any atom is -0.467 e. The fraction of sp³-hybridized carbons (Fsp3) is 0.400. The van der Waals surface area contributed by atoms with Crippen molar-refractivity contribution in [1.82, 2.24) is 0 Å². The number of ether oxygens (including phenoxy) is 4. The molecule has 0 spiro atoms. The molecule has 0 atom stereocenters. The second-order valence-electron chi connectivity index (χ2n) is 11.9. The monoisotopic (exact) mass is 594 g/mol. The van der Waals surface area contributed by atoms with Crippen molar-refractivity contribution in [3.05, 3.63) is 105 Å². The predicted molar refractivity (Wildman–Crippen MR) is 183 cm³/mol. The average Bonchev–Trinajstić information content (AvgIpc) is 2.96. The van der Waals surface area contributed by atoms with Gasteiger partial charge in [-0.3, -0.25) is 0 Å². The maximum atomic E-state index is 6.33. The van der Waals surface area contributed by atoms with Gasteiger partial charge in [0.15, 0.2) is 13.6 Å². The van der Waals surface area contributed by atoms with Gasteiger partial charge in [0.2, 0.25) is 0 Å². The minimum absolute atomic E-state index is 0.246. The second-order valence-corrected chi connectivity index (χ2v) is 11.9. The first-order valence-corrected chi connectivity index (χ1v) is 16.1. The lowest BCUT2D eigenvalue weighted by molar-refractivity contribution is 0.0219. The zero-order valence-electron chi connectivity index (χ0n) is 28.1. The van der Waals surface area contributed by atoms with Crippen LogP contribution in [0.3, 0.4) is 0 Å². The fourth-order valence-corrected chi connectivity index (χ4v) is 6.51. The van der Waals surface area contributed by atoms with Gasteiger partial charge in [0.05, 0.1) is 0 Å². The molecule has 0 amide bonds. The number of benzene rings is 4. The molecule has 0 saturated heterocycles. The first-order valence-electron chi connectivity index (χ1n) is 16.1. The molecule has 0 radical (unpaired) electrons. The summed E-state index contributed by atoms with van der Waals surface area (Å²) in [4.78, 5) is 0. The quantitative estimate of drug-likeness (QED) is 0.101. The van der Waals surface area contributed by atoms with Gasteiger partial charge in [0, 0.05) is 24.3 Å². The highest BCUT2D eigenvalue weighted by atomic mass is 16.7. The summed E-state index contributed by atoms with van der Waals surface area (Å²) in [6.45, 7) is 18.8. The highest BCUT2D eigenvalue weighted by molar-refractivity contribution is 5.79. The normalized spacial score (nSPS) is 11.2. The van der Waals surface area contributed by atoms with Crippen LogP contribution in [0.25, 0.3) is 22.3 Å². The Hall–Kier alpha value is -3.60. The standard InChI is InChI=1S/C40H50O4/c1-9-41-25-43-39-33(17-13-19-35(39)37-29(5)21-27(3)22-30(37)6)15-11-12-16-34-18-14-20-36(40(34)44-26-42-10-2)38-31(7)23-28(4)24-32(38)8/h13-14,17-24H,9-12,15-16,25-26H2,1-8H3. The first-order chi connectivity index (χ1) is 21.2. The number of hydrogen-bond acceptors (Lipinski definition) is 4. The predicted octanol–water partition coefficient (Wildman–Crippen LogP) is 10.2.